The molecule has 8 heteroatoms. The molecule has 0 aliphatic carbocycles. The summed E-state index contributed by atoms with van der Waals surface area (Å²) < 4.78 is 28.2. The summed E-state index contributed by atoms with van der Waals surface area (Å²) in [4.78, 5) is 27.4. The highest BCUT2D eigenvalue weighted by atomic mass is 32.2. The Bertz CT molecular complexity index is 622. The number of rotatable bonds is 6. The lowest BCUT2D eigenvalue weighted by Gasteiger charge is -2.27. The minimum absolute atomic E-state index is 0.0241. The van der Waals surface area contributed by atoms with E-state index in [0.717, 1.165) is 0 Å². The van der Waals surface area contributed by atoms with Crippen LogP contribution in [0.5, 0.6) is 0 Å². The molecule has 116 valence electrons. The number of aromatic nitrogens is 1. The van der Waals surface area contributed by atoms with Gasteiger partial charge in [0.05, 0.1) is 23.8 Å². The fraction of sp³-hybridized carbons (Fsp3) is 0.538. The number of hydrogen-bond acceptors (Lipinski definition) is 5. The first-order valence-corrected chi connectivity index (χ1v) is 8.43. The maximum Gasteiger partial charge on any atom is 0.270 e. The molecule has 0 saturated carbocycles. The van der Waals surface area contributed by atoms with Crippen molar-refractivity contribution in [2.45, 2.75) is 12.5 Å². The summed E-state index contributed by atoms with van der Waals surface area (Å²) in [5, 5.41) is 0. The Hall–Kier alpha value is -1.67. The summed E-state index contributed by atoms with van der Waals surface area (Å²) in [6, 6.07) is 2.69. The van der Waals surface area contributed by atoms with Gasteiger partial charge in [0.15, 0.2) is 16.1 Å². The first-order valence-electron chi connectivity index (χ1n) is 6.61. The van der Waals surface area contributed by atoms with E-state index >= 15 is 0 Å². The van der Waals surface area contributed by atoms with Crippen molar-refractivity contribution in [2.75, 3.05) is 31.8 Å². The monoisotopic (exact) mass is 314 g/mol. The van der Waals surface area contributed by atoms with Gasteiger partial charge in [-0.2, -0.15) is 0 Å². The van der Waals surface area contributed by atoms with Crippen LogP contribution in [0.3, 0.4) is 0 Å². The second kappa shape index (κ2) is 6.40. The van der Waals surface area contributed by atoms with Crippen LogP contribution in [0.2, 0.25) is 0 Å². The predicted molar refractivity (Wildman–Crippen MR) is 76.2 cm³/mol. The van der Waals surface area contributed by atoms with Crippen molar-refractivity contribution in [3.63, 3.8) is 0 Å². The summed E-state index contributed by atoms with van der Waals surface area (Å²) in [5.74, 6) is -0.245. The zero-order chi connectivity index (χ0) is 15.5. The molecule has 1 aliphatic rings. The van der Waals surface area contributed by atoms with E-state index < -0.39 is 9.84 Å². The Morgan fingerprint density at radius 2 is 2.29 bits per heavy atom. The van der Waals surface area contributed by atoms with Crippen molar-refractivity contribution < 1.29 is 22.7 Å². The molecule has 1 unspecified atom stereocenters. The number of methoxy groups -OCH3 is 1. The molecule has 1 aromatic rings. The molecule has 0 radical (unpaired) electrons. The summed E-state index contributed by atoms with van der Waals surface area (Å²) in [6.45, 7) is 0.633. The number of carbonyl (C=O) groups is 2. The number of nitrogens with one attached hydrogen (secondary N) is 1. The molecule has 0 bridgehead atoms. The molecule has 2 rings (SSSR count). The molecule has 7 nitrogen and oxygen atoms in total. The van der Waals surface area contributed by atoms with Crippen molar-refractivity contribution >= 4 is 22.0 Å². The number of carbonyl (C=O) groups excluding carboxylic acids is 2. The average Bonchev–Trinajstić information content (AvgIpc) is 3.05. The van der Waals surface area contributed by atoms with Crippen LogP contribution < -0.4 is 0 Å². The Balaban J connectivity index is 2.18. The number of aldehydes is 1. The Labute approximate surface area is 123 Å². The van der Waals surface area contributed by atoms with Crippen LogP contribution in [0, 0.1) is 0 Å². The van der Waals surface area contributed by atoms with Gasteiger partial charge in [-0.15, -0.1) is 0 Å². The summed E-state index contributed by atoms with van der Waals surface area (Å²) in [5.41, 5.74) is 0.585. The number of nitrogens with zero attached hydrogens (tertiary/aromatic N) is 1. The molecular weight excluding hydrogens is 296 g/mol. The van der Waals surface area contributed by atoms with Gasteiger partial charge in [0.1, 0.15) is 5.69 Å². The zero-order valence-corrected chi connectivity index (χ0v) is 12.6. The van der Waals surface area contributed by atoms with Gasteiger partial charge in [0.2, 0.25) is 0 Å². The number of sulfone groups is 1. The highest BCUT2D eigenvalue weighted by molar-refractivity contribution is 7.91. The maximum absolute atomic E-state index is 12.5. The van der Waals surface area contributed by atoms with Crippen LogP contribution in [0.1, 0.15) is 27.4 Å². The molecule has 1 aliphatic heterocycles. The minimum Gasteiger partial charge on any atom is -0.383 e. The Morgan fingerprint density at radius 1 is 1.52 bits per heavy atom. The summed E-state index contributed by atoms with van der Waals surface area (Å²) in [6.07, 6.45) is 1.05. The van der Waals surface area contributed by atoms with Gasteiger partial charge in [0.25, 0.3) is 5.91 Å². The zero-order valence-electron chi connectivity index (χ0n) is 11.7. The van der Waals surface area contributed by atoms with Gasteiger partial charge < -0.3 is 14.6 Å². The number of aromatic amines is 1. The van der Waals surface area contributed by atoms with Crippen molar-refractivity contribution in [3.8, 4) is 0 Å². The largest absolute Gasteiger partial charge is 0.383 e. The second-order valence-electron chi connectivity index (χ2n) is 4.99. The number of amides is 1. The topological polar surface area (TPSA) is 96.5 Å². The van der Waals surface area contributed by atoms with Gasteiger partial charge in [-0.3, -0.25) is 9.59 Å². The molecule has 21 heavy (non-hydrogen) atoms. The lowest BCUT2D eigenvalue weighted by atomic mass is 10.2. The molecule has 0 aromatic carbocycles. The third-order valence-electron chi connectivity index (χ3n) is 3.51. The highest BCUT2D eigenvalue weighted by Crippen LogP contribution is 2.19. The lowest BCUT2D eigenvalue weighted by Crippen LogP contribution is -2.43. The molecule has 1 aromatic heterocycles. The predicted octanol–water partition coefficient (Wildman–Crippen LogP) is 0.103. The highest BCUT2D eigenvalue weighted by Gasteiger charge is 2.35. The van der Waals surface area contributed by atoms with Crippen LogP contribution in [-0.4, -0.2) is 68.3 Å². The van der Waals surface area contributed by atoms with Gasteiger partial charge in [-0.1, -0.05) is 0 Å². The molecule has 1 amide bonds. The first-order chi connectivity index (χ1) is 9.96. The number of H-pyrrole nitrogens is 1. The standard InChI is InChI=1S/C13H18N2O5S/c1-20-6-5-15(11-4-7-21(18,19)9-11)13(17)12-3-2-10(8-16)14-12/h2-3,8,11,14H,4-7,9H2,1H3. The van der Waals surface area contributed by atoms with E-state index in [1.54, 1.807) is 0 Å². The van der Waals surface area contributed by atoms with Crippen LogP contribution in [0.4, 0.5) is 0 Å². The van der Waals surface area contributed by atoms with Crippen LogP contribution in [0.15, 0.2) is 12.1 Å². The van der Waals surface area contributed by atoms with E-state index in [1.165, 1.54) is 24.1 Å². The quantitative estimate of drug-likeness (QED) is 0.751. The minimum atomic E-state index is -3.08. The van der Waals surface area contributed by atoms with Crippen molar-refractivity contribution in [3.05, 3.63) is 23.5 Å². The van der Waals surface area contributed by atoms with Gasteiger partial charge >= 0.3 is 0 Å². The Kier molecular flexibility index (Phi) is 4.79. The van der Waals surface area contributed by atoms with E-state index in [2.05, 4.69) is 4.98 Å². The molecule has 1 saturated heterocycles. The SMILES string of the molecule is COCCN(C(=O)c1ccc(C=O)[nH]1)C1CCS(=O)(=O)C1. The molecule has 1 fully saturated rings. The lowest BCUT2D eigenvalue weighted by molar-refractivity contribution is 0.0619. The van der Waals surface area contributed by atoms with Gasteiger partial charge in [0, 0.05) is 19.7 Å². The normalized spacial score (nSPS) is 20.3. The van der Waals surface area contributed by atoms with Gasteiger partial charge in [-0.05, 0) is 18.6 Å². The van der Waals surface area contributed by atoms with Crippen LogP contribution >= 0.6 is 0 Å². The number of ether oxygens (including phenoxy) is 1. The Morgan fingerprint density at radius 3 is 2.81 bits per heavy atom. The van der Waals surface area contributed by atoms with Crippen LogP contribution in [0.25, 0.3) is 0 Å². The van der Waals surface area contributed by atoms with E-state index in [0.29, 0.717) is 31.6 Å². The van der Waals surface area contributed by atoms with E-state index in [4.69, 9.17) is 4.74 Å². The second-order valence-corrected chi connectivity index (χ2v) is 7.22. The molecule has 1 N–H and O–H groups in total. The maximum atomic E-state index is 12.5. The fourth-order valence-electron chi connectivity index (χ4n) is 2.42. The fourth-order valence-corrected chi connectivity index (χ4v) is 4.15. The van der Waals surface area contributed by atoms with E-state index in [-0.39, 0.29) is 29.1 Å². The van der Waals surface area contributed by atoms with Crippen molar-refractivity contribution in [1.82, 2.24) is 9.88 Å². The third kappa shape index (κ3) is 3.70. The third-order valence-corrected chi connectivity index (χ3v) is 5.26. The van der Waals surface area contributed by atoms with Crippen molar-refractivity contribution in [1.29, 1.82) is 0 Å². The van der Waals surface area contributed by atoms with E-state index in [1.807, 2.05) is 0 Å². The summed E-state index contributed by atoms with van der Waals surface area (Å²) in [7, 11) is -1.56. The van der Waals surface area contributed by atoms with Crippen LogP contribution in [-0.2, 0) is 14.6 Å². The molecule has 1 atom stereocenters. The molecule has 2 heterocycles. The first kappa shape index (κ1) is 15.7. The average molecular weight is 314 g/mol. The smallest absolute Gasteiger partial charge is 0.270 e. The number of hydrogen-bond donors (Lipinski definition) is 1. The summed E-state index contributed by atoms with van der Waals surface area (Å²) >= 11 is 0. The van der Waals surface area contributed by atoms with E-state index in [9.17, 15) is 18.0 Å². The van der Waals surface area contributed by atoms with Crippen molar-refractivity contribution in [2.24, 2.45) is 0 Å². The van der Waals surface area contributed by atoms with Gasteiger partial charge in [-0.25, -0.2) is 8.42 Å². The molecule has 0 spiro atoms. The molecular formula is C13H18N2O5S.